The van der Waals surface area contributed by atoms with Gasteiger partial charge in [-0.1, -0.05) is 13.8 Å². The highest BCUT2D eigenvalue weighted by Crippen LogP contribution is 2.26. The minimum Gasteiger partial charge on any atom is -0.508 e. The van der Waals surface area contributed by atoms with Crippen molar-refractivity contribution in [3.05, 3.63) is 30.0 Å². The molecule has 0 bridgehead atoms. The van der Waals surface area contributed by atoms with Gasteiger partial charge in [-0.15, -0.1) is 0 Å². The Labute approximate surface area is 99.9 Å². The molecule has 1 aromatic carbocycles. The van der Waals surface area contributed by atoms with Crippen molar-refractivity contribution in [2.24, 2.45) is 0 Å². The molecule has 3 N–H and O–H groups in total. The molecule has 0 aliphatic rings. The first-order chi connectivity index (χ1) is 8.06. The molecule has 4 nitrogen and oxygen atoms in total. The minimum absolute atomic E-state index is 0.194. The Morgan fingerprint density at radius 3 is 2.76 bits per heavy atom. The van der Waals surface area contributed by atoms with Gasteiger partial charge in [0.25, 0.3) is 0 Å². The predicted molar refractivity (Wildman–Crippen MR) is 66.0 cm³/mol. The van der Waals surface area contributed by atoms with Gasteiger partial charge in [0.1, 0.15) is 23.2 Å². The average molecular weight is 235 g/mol. The third-order valence-electron chi connectivity index (χ3n) is 2.57. The molecule has 0 amide bonds. The van der Waals surface area contributed by atoms with E-state index in [1.54, 1.807) is 24.3 Å². The van der Waals surface area contributed by atoms with Crippen molar-refractivity contribution < 1.29 is 14.6 Å². The number of aliphatic hydroxyl groups excluding tert-OH is 1. The zero-order valence-corrected chi connectivity index (χ0v) is 9.97. The zero-order valence-electron chi connectivity index (χ0n) is 9.97. The Balaban J connectivity index is 2.18. The fraction of sp³-hybridized carbons (Fsp3) is 0.385. The summed E-state index contributed by atoms with van der Waals surface area (Å²) in [5.74, 6) is 0.707. The molecule has 0 spiro atoms. The average Bonchev–Trinajstić information content (AvgIpc) is 2.68. The Morgan fingerprint density at radius 1 is 1.29 bits per heavy atom. The van der Waals surface area contributed by atoms with E-state index in [4.69, 9.17) is 4.42 Å². The SMILES string of the molecule is CC(C)NC[C@@H](O)c1cc2cc(O)ccc2o1. The molecule has 0 unspecified atom stereocenters. The molecule has 0 fully saturated rings. The lowest BCUT2D eigenvalue weighted by Crippen LogP contribution is -2.27. The highest BCUT2D eigenvalue weighted by atomic mass is 16.4. The summed E-state index contributed by atoms with van der Waals surface area (Å²) < 4.78 is 5.52. The number of hydrogen-bond donors (Lipinski definition) is 3. The first-order valence-electron chi connectivity index (χ1n) is 5.70. The topological polar surface area (TPSA) is 65.6 Å². The van der Waals surface area contributed by atoms with Crippen LogP contribution in [0, 0.1) is 0 Å². The second-order valence-electron chi connectivity index (χ2n) is 4.45. The van der Waals surface area contributed by atoms with E-state index >= 15 is 0 Å². The number of aromatic hydroxyl groups is 1. The first kappa shape index (κ1) is 12.0. The van der Waals surface area contributed by atoms with Gasteiger partial charge in [0, 0.05) is 18.0 Å². The summed E-state index contributed by atoms with van der Waals surface area (Å²) in [6.45, 7) is 4.48. The van der Waals surface area contributed by atoms with Gasteiger partial charge in [0.15, 0.2) is 0 Å². The lowest BCUT2D eigenvalue weighted by molar-refractivity contribution is 0.147. The van der Waals surface area contributed by atoms with Crippen LogP contribution >= 0.6 is 0 Å². The Morgan fingerprint density at radius 2 is 2.06 bits per heavy atom. The van der Waals surface area contributed by atoms with E-state index in [1.807, 2.05) is 13.8 Å². The van der Waals surface area contributed by atoms with E-state index in [-0.39, 0.29) is 5.75 Å². The van der Waals surface area contributed by atoms with Gasteiger partial charge in [-0.25, -0.2) is 0 Å². The Kier molecular flexibility index (Phi) is 3.36. The van der Waals surface area contributed by atoms with Crippen LogP contribution < -0.4 is 5.32 Å². The smallest absolute Gasteiger partial charge is 0.135 e. The third kappa shape index (κ3) is 2.78. The summed E-state index contributed by atoms with van der Waals surface area (Å²) in [5.41, 5.74) is 0.668. The standard InChI is InChI=1S/C13H17NO3/c1-8(2)14-7-11(16)13-6-9-5-10(15)3-4-12(9)17-13/h3-6,8,11,14-16H,7H2,1-2H3/t11-/m1/s1. The largest absolute Gasteiger partial charge is 0.508 e. The lowest BCUT2D eigenvalue weighted by atomic mass is 10.2. The van der Waals surface area contributed by atoms with E-state index in [2.05, 4.69) is 5.32 Å². The quantitative estimate of drug-likeness (QED) is 0.760. The number of aliphatic hydroxyl groups is 1. The molecule has 1 aromatic heterocycles. The second kappa shape index (κ2) is 4.77. The molecular weight excluding hydrogens is 218 g/mol. The van der Waals surface area contributed by atoms with E-state index < -0.39 is 6.10 Å². The predicted octanol–water partition coefficient (Wildman–Crippen LogP) is 2.17. The minimum atomic E-state index is -0.674. The third-order valence-corrected chi connectivity index (χ3v) is 2.57. The molecule has 2 rings (SSSR count). The molecule has 0 saturated carbocycles. The first-order valence-corrected chi connectivity index (χ1v) is 5.70. The van der Waals surface area contributed by atoms with Crippen LogP contribution in [-0.2, 0) is 0 Å². The molecule has 2 aromatic rings. The summed E-state index contributed by atoms with van der Waals surface area (Å²) in [6.07, 6.45) is -0.674. The fourth-order valence-corrected chi connectivity index (χ4v) is 1.66. The van der Waals surface area contributed by atoms with E-state index in [0.29, 0.717) is 23.9 Å². The number of phenolic OH excluding ortho intramolecular Hbond substituents is 1. The maximum absolute atomic E-state index is 9.92. The molecule has 0 saturated heterocycles. The van der Waals surface area contributed by atoms with Crippen molar-refractivity contribution in [1.82, 2.24) is 5.32 Å². The van der Waals surface area contributed by atoms with Crippen molar-refractivity contribution in [3.8, 4) is 5.75 Å². The number of benzene rings is 1. The lowest BCUT2D eigenvalue weighted by Gasteiger charge is -2.11. The van der Waals surface area contributed by atoms with E-state index in [0.717, 1.165) is 5.39 Å². The Bertz CT molecular complexity index is 504. The highest BCUT2D eigenvalue weighted by molar-refractivity contribution is 5.79. The van der Waals surface area contributed by atoms with Gasteiger partial charge in [-0.05, 0) is 24.3 Å². The summed E-state index contributed by atoms with van der Waals surface area (Å²) in [6, 6.07) is 6.94. The molecule has 0 aliphatic heterocycles. The summed E-state index contributed by atoms with van der Waals surface area (Å²) in [4.78, 5) is 0. The van der Waals surface area contributed by atoms with Gasteiger partial charge >= 0.3 is 0 Å². The van der Waals surface area contributed by atoms with Gasteiger partial charge in [-0.2, -0.15) is 0 Å². The van der Waals surface area contributed by atoms with Crippen LogP contribution in [-0.4, -0.2) is 22.8 Å². The van der Waals surface area contributed by atoms with Crippen LogP contribution in [0.4, 0.5) is 0 Å². The van der Waals surface area contributed by atoms with Crippen molar-refractivity contribution in [1.29, 1.82) is 0 Å². The molecular formula is C13H17NO3. The van der Waals surface area contributed by atoms with Crippen molar-refractivity contribution >= 4 is 11.0 Å². The number of hydrogen-bond acceptors (Lipinski definition) is 4. The van der Waals surface area contributed by atoms with E-state index in [9.17, 15) is 10.2 Å². The number of fused-ring (bicyclic) bond motifs is 1. The number of rotatable bonds is 4. The molecule has 17 heavy (non-hydrogen) atoms. The van der Waals surface area contributed by atoms with Crippen molar-refractivity contribution in [3.63, 3.8) is 0 Å². The van der Waals surface area contributed by atoms with Crippen molar-refractivity contribution in [2.75, 3.05) is 6.54 Å². The number of phenols is 1. The normalized spacial score (nSPS) is 13.4. The molecule has 4 heteroatoms. The molecule has 0 radical (unpaired) electrons. The molecule has 0 aliphatic carbocycles. The van der Waals surface area contributed by atoms with Gasteiger partial charge in [0.05, 0.1) is 0 Å². The molecule has 92 valence electrons. The fourth-order valence-electron chi connectivity index (χ4n) is 1.66. The number of nitrogens with one attached hydrogen (secondary N) is 1. The van der Waals surface area contributed by atoms with Crippen LogP contribution in [0.5, 0.6) is 5.75 Å². The highest BCUT2D eigenvalue weighted by Gasteiger charge is 2.13. The van der Waals surface area contributed by atoms with E-state index in [1.165, 1.54) is 0 Å². The molecule has 1 heterocycles. The summed E-state index contributed by atoms with van der Waals surface area (Å²) in [7, 11) is 0. The van der Waals surface area contributed by atoms with Crippen LogP contribution in [0.15, 0.2) is 28.7 Å². The van der Waals surface area contributed by atoms with Gasteiger partial charge in [0.2, 0.25) is 0 Å². The summed E-state index contributed by atoms with van der Waals surface area (Å²) in [5, 5.41) is 23.2. The van der Waals surface area contributed by atoms with Crippen LogP contribution in [0.2, 0.25) is 0 Å². The maximum Gasteiger partial charge on any atom is 0.135 e. The maximum atomic E-state index is 9.92. The van der Waals surface area contributed by atoms with Gasteiger partial charge < -0.3 is 19.9 Å². The van der Waals surface area contributed by atoms with Gasteiger partial charge in [-0.3, -0.25) is 0 Å². The van der Waals surface area contributed by atoms with Crippen LogP contribution in [0.25, 0.3) is 11.0 Å². The van der Waals surface area contributed by atoms with Crippen LogP contribution in [0.3, 0.4) is 0 Å². The zero-order chi connectivity index (χ0) is 12.4. The summed E-state index contributed by atoms with van der Waals surface area (Å²) >= 11 is 0. The van der Waals surface area contributed by atoms with Crippen LogP contribution in [0.1, 0.15) is 25.7 Å². The molecule has 1 atom stereocenters. The Hall–Kier alpha value is -1.52. The second-order valence-corrected chi connectivity index (χ2v) is 4.45. The van der Waals surface area contributed by atoms with Crippen molar-refractivity contribution in [2.45, 2.75) is 26.0 Å². The monoisotopic (exact) mass is 235 g/mol. The number of furan rings is 1.